The van der Waals surface area contributed by atoms with Crippen LogP contribution in [0.1, 0.15) is 5.37 Å². The van der Waals surface area contributed by atoms with Crippen LogP contribution in [0.2, 0.25) is 0 Å². The quantitative estimate of drug-likeness (QED) is 0.632. The van der Waals surface area contributed by atoms with E-state index in [-0.39, 0.29) is 35.6 Å². The molecule has 6 nitrogen and oxygen atoms in total. The summed E-state index contributed by atoms with van der Waals surface area (Å²) in [5, 5.41) is 18.0. The van der Waals surface area contributed by atoms with Crippen molar-refractivity contribution in [2.45, 2.75) is 10.6 Å². The molecule has 0 amide bonds. The molecule has 88 valence electrons. The highest BCUT2D eigenvalue weighted by Gasteiger charge is 2.42. The van der Waals surface area contributed by atoms with Crippen LogP contribution in [0.4, 0.5) is 5.82 Å². The highest BCUT2D eigenvalue weighted by Crippen LogP contribution is 2.49. The Bertz CT molecular complexity index is 436. The third-order valence-corrected chi connectivity index (χ3v) is 4.38. The molecule has 0 radical (unpaired) electrons. The predicted octanol–water partition coefficient (Wildman–Crippen LogP) is -0.960. The Labute approximate surface area is 96.1 Å². The van der Waals surface area contributed by atoms with Gasteiger partial charge in [-0.3, -0.25) is 4.57 Å². The van der Waals surface area contributed by atoms with Gasteiger partial charge in [-0.25, -0.2) is 4.79 Å². The van der Waals surface area contributed by atoms with E-state index >= 15 is 0 Å². The number of nitrogens with zero attached hydrogens (tertiary/aromatic N) is 2. The molecule has 0 saturated carbocycles. The third kappa shape index (κ3) is 1.81. The van der Waals surface area contributed by atoms with Crippen LogP contribution >= 0.6 is 11.8 Å². The molecule has 0 spiro atoms. The summed E-state index contributed by atoms with van der Waals surface area (Å²) in [7, 11) is 0. The molecule has 1 aromatic heterocycles. The fraction of sp³-hybridized carbons (Fsp3) is 0.556. The van der Waals surface area contributed by atoms with Gasteiger partial charge in [0.15, 0.2) is 0 Å². The second-order valence-electron chi connectivity index (χ2n) is 3.64. The number of nitrogens with two attached hydrogens (primary N) is 1. The fourth-order valence-electron chi connectivity index (χ4n) is 1.75. The highest BCUT2D eigenvalue weighted by molar-refractivity contribution is 8.01. The van der Waals surface area contributed by atoms with Crippen LogP contribution in [-0.2, 0) is 0 Å². The molecule has 0 bridgehead atoms. The Morgan fingerprint density at radius 1 is 1.50 bits per heavy atom. The molecule has 3 atom stereocenters. The monoisotopic (exact) mass is 243 g/mol. The minimum absolute atomic E-state index is 0.00352. The first-order valence-corrected chi connectivity index (χ1v) is 5.83. The Morgan fingerprint density at radius 2 is 2.25 bits per heavy atom. The molecule has 1 saturated heterocycles. The lowest BCUT2D eigenvalue weighted by molar-refractivity contribution is 0.155. The molecule has 1 fully saturated rings. The Kier molecular flexibility index (Phi) is 3.17. The first-order valence-electron chi connectivity index (χ1n) is 4.89. The molecule has 2 rings (SSSR count). The lowest BCUT2D eigenvalue weighted by atomic mass is 10.0. The molecule has 0 aromatic carbocycles. The largest absolute Gasteiger partial charge is 0.396 e. The lowest BCUT2D eigenvalue weighted by Gasteiger charge is -2.42. The second-order valence-corrected chi connectivity index (χ2v) is 5.00. The molecule has 1 aliphatic heterocycles. The number of anilines is 1. The molecule has 1 aliphatic rings. The number of hydrogen-bond acceptors (Lipinski definition) is 6. The van der Waals surface area contributed by atoms with Crippen LogP contribution in [0.25, 0.3) is 0 Å². The van der Waals surface area contributed by atoms with Crippen LogP contribution in [0.3, 0.4) is 0 Å². The number of thioether (sulfide) groups is 1. The minimum Gasteiger partial charge on any atom is -0.396 e. The molecule has 4 N–H and O–H groups in total. The Hall–Kier alpha value is -1.05. The Balaban J connectivity index is 2.23. The molecular formula is C9H13N3O3S. The number of aliphatic hydroxyl groups excluding tert-OH is 2. The van der Waals surface area contributed by atoms with Gasteiger partial charge < -0.3 is 15.9 Å². The van der Waals surface area contributed by atoms with Gasteiger partial charge in [0, 0.05) is 24.0 Å². The van der Waals surface area contributed by atoms with E-state index in [1.807, 2.05) is 0 Å². The van der Waals surface area contributed by atoms with Crippen LogP contribution < -0.4 is 11.4 Å². The molecular weight excluding hydrogens is 230 g/mol. The Morgan fingerprint density at radius 3 is 2.81 bits per heavy atom. The van der Waals surface area contributed by atoms with Gasteiger partial charge in [0.25, 0.3) is 0 Å². The van der Waals surface area contributed by atoms with Crippen molar-refractivity contribution >= 4 is 17.6 Å². The summed E-state index contributed by atoms with van der Waals surface area (Å²) in [5.74, 6) is 0.0722. The smallest absolute Gasteiger partial charge is 0.350 e. The lowest BCUT2D eigenvalue weighted by Crippen LogP contribution is -2.45. The number of hydrogen-bond donors (Lipinski definition) is 3. The van der Waals surface area contributed by atoms with E-state index in [2.05, 4.69) is 4.98 Å². The summed E-state index contributed by atoms with van der Waals surface area (Å²) in [5.41, 5.74) is 4.96. The predicted molar refractivity (Wildman–Crippen MR) is 61.0 cm³/mol. The zero-order valence-corrected chi connectivity index (χ0v) is 9.30. The molecule has 1 unspecified atom stereocenters. The minimum atomic E-state index is -0.424. The van der Waals surface area contributed by atoms with E-state index in [1.165, 1.54) is 16.3 Å². The van der Waals surface area contributed by atoms with Crippen LogP contribution in [0.15, 0.2) is 17.1 Å². The van der Waals surface area contributed by atoms with E-state index in [4.69, 9.17) is 10.8 Å². The average Bonchev–Trinajstić information content (AvgIpc) is 2.21. The van der Waals surface area contributed by atoms with Crippen molar-refractivity contribution in [3.8, 4) is 0 Å². The van der Waals surface area contributed by atoms with Gasteiger partial charge in [-0.1, -0.05) is 0 Å². The SMILES string of the molecule is Nc1ccn(C2S[C@@H](CO)[C@@H]2CO)c(=O)n1. The van der Waals surface area contributed by atoms with Crippen LogP contribution in [0.5, 0.6) is 0 Å². The van der Waals surface area contributed by atoms with E-state index in [9.17, 15) is 9.90 Å². The van der Waals surface area contributed by atoms with E-state index in [1.54, 1.807) is 12.3 Å². The molecule has 2 heterocycles. The van der Waals surface area contributed by atoms with Gasteiger partial charge in [-0.2, -0.15) is 4.98 Å². The van der Waals surface area contributed by atoms with Gasteiger partial charge in [0.05, 0.1) is 12.0 Å². The molecule has 7 heteroatoms. The van der Waals surface area contributed by atoms with E-state index in [0.29, 0.717) is 0 Å². The van der Waals surface area contributed by atoms with Crippen molar-refractivity contribution < 1.29 is 10.2 Å². The van der Waals surface area contributed by atoms with Gasteiger partial charge >= 0.3 is 5.69 Å². The van der Waals surface area contributed by atoms with Crippen LogP contribution in [-0.4, -0.2) is 38.2 Å². The highest BCUT2D eigenvalue weighted by atomic mass is 32.2. The number of aliphatic hydroxyl groups is 2. The maximum atomic E-state index is 11.5. The topological polar surface area (TPSA) is 101 Å². The van der Waals surface area contributed by atoms with E-state index in [0.717, 1.165) is 0 Å². The molecule has 1 aromatic rings. The van der Waals surface area contributed by atoms with Crippen molar-refractivity contribution in [3.63, 3.8) is 0 Å². The van der Waals surface area contributed by atoms with Crippen molar-refractivity contribution in [2.24, 2.45) is 5.92 Å². The number of aromatic nitrogens is 2. The standard InChI is InChI=1S/C9H13N3O3S/c10-7-1-2-12(9(15)11-7)8-5(3-13)6(4-14)16-8/h1-2,5-6,8,13-14H,3-4H2,(H2,10,11,15)/t5-,6-,8?/m0/s1. The van der Waals surface area contributed by atoms with Crippen molar-refractivity contribution in [1.82, 2.24) is 9.55 Å². The maximum absolute atomic E-state index is 11.5. The summed E-state index contributed by atoms with van der Waals surface area (Å²) in [4.78, 5) is 15.2. The maximum Gasteiger partial charge on any atom is 0.350 e. The normalized spacial score (nSPS) is 28.8. The zero-order chi connectivity index (χ0) is 11.7. The van der Waals surface area contributed by atoms with Gasteiger partial charge in [0.1, 0.15) is 5.82 Å². The first-order chi connectivity index (χ1) is 7.67. The summed E-state index contributed by atoms with van der Waals surface area (Å²) in [6.45, 7) is -0.0523. The average molecular weight is 243 g/mol. The van der Waals surface area contributed by atoms with Crippen molar-refractivity contribution in [3.05, 3.63) is 22.7 Å². The van der Waals surface area contributed by atoms with E-state index < -0.39 is 5.69 Å². The molecule has 16 heavy (non-hydrogen) atoms. The molecule has 0 aliphatic carbocycles. The van der Waals surface area contributed by atoms with Crippen LogP contribution in [0, 0.1) is 5.92 Å². The number of nitrogen functional groups attached to an aromatic ring is 1. The third-order valence-electron chi connectivity index (χ3n) is 2.67. The number of rotatable bonds is 3. The van der Waals surface area contributed by atoms with Crippen molar-refractivity contribution in [2.75, 3.05) is 18.9 Å². The second kappa shape index (κ2) is 4.44. The first kappa shape index (κ1) is 11.4. The van der Waals surface area contributed by atoms with Gasteiger partial charge in [-0.15, -0.1) is 11.8 Å². The fourth-order valence-corrected chi connectivity index (χ4v) is 3.13. The summed E-state index contributed by atoms with van der Waals surface area (Å²) >= 11 is 1.45. The summed E-state index contributed by atoms with van der Waals surface area (Å²) in [6.07, 6.45) is 1.57. The van der Waals surface area contributed by atoms with Gasteiger partial charge in [0.2, 0.25) is 0 Å². The van der Waals surface area contributed by atoms with Crippen molar-refractivity contribution in [1.29, 1.82) is 0 Å². The van der Waals surface area contributed by atoms with Gasteiger partial charge in [-0.05, 0) is 6.07 Å². The summed E-state index contributed by atoms with van der Waals surface area (Å²) < 4.78 is 1.44. The zero-order valence-electron chi connectivity index (χ0n) is 8.48. The summed E-state index contributed by atoms with van der Waals surface area (Å²) in [6, 6.07) is 1.54.